The van der Waals surface area contributed by atoms with Gasteiger partial charge in [0.15, 0.2) is 38.2 Å². The first-order valence-corrected chi connectivity index (χ1v) is 15.3. The van der Waals surface area contributed by atoms with Crippen LogP contribution >= 0.6 is 15.8 Å². The quantitative estimate of drug-likeness (QED) is 0.217. The maximum atomic E-state index is 15.7. The van der Waals surface area contributed by atoms with Crippen molar-refractivity contribution in [2.45, 2.75) is 37.8 Å². The molecule has 41 heavy (non-hydrogen) atoms. The smallest absolute Gasteiger partial charge is 0.325 e. The summed E-state index contributed by atoms with van der Waals surface area (Å²) in [6.07, 6.45) is -3.30. The zero-order chi connectivity index (χ0) is 28.9. The maximum Gasteiger partial charge on any atom is 0.325 e. The number of pyridine rings is 1. The lowest BCUT2D eigenvalue weighted by atomic mass is 10.1. The monoisotopic (exact) mass is 629 g/mol. The number of carbonyl (C=O) groups is 1. The molecule has 0 saturated carbocycles. The summed E-state index contributed by atoms with van der Waals surface area (Å²) >= 11 is 5.23. The molecule has 1 amide bonds. The van der Waals surface area contributed by atoms with Crippen LogP contribution in [0.2, 0.25) is 0 Å². The number of nitrogen functional groups attached to an aromatic ring is 1. The Kier molecular flexibility index (Phi) is 7.56. The first kappa shape index (κ1) is 28.1. The molecule has 2 unspecified atom stereocenters. The van der Waals surface area contributed by atoms with Crippen molar-refractivity contribution in [1.82, 2.24) is 34.1 Å². The Balaban J connectivity index is 1.34. The van der Waals surface area contributed by atoms with Gasteiger partial charge in [0.2, 0.25) is 11.9 Å². The second kappa shape index (κ2) is 11.0. The van der Waals surface area contributed by atoms with Crippen molar-refractivity contribution in [1.29, 1.82) is 0 Å². The maximum absolute atomic E-state index is 15.7. The third-order valence-corrected chi connectivity index (χ3v) is 8.48. The highest BCUT2D eigenvalue weighted by Crippen LogP contribution is 2.51. The Morgan fingerprint density at radius 1 is 1.29 bits per heavy atom. The summed E-state index contributed by atoms with van der Waals surface area (Å²) in [5.41, 5.74) is 11.3. The highest BCUT2D eigenvalue weighted by atomic mass is 32.5. The van der Waals surface area contributed by atoms with Crippen LogP contribution in [0, 0.1) is 0 Å². The van der Waals surface area contributed by atoms with E-state index in [0.29, 0.717) is 11.2 Å². The van der Waals surface area contributed by atoms with Crippen LogP contribution in [-0.4, -0.2) is 76.4 Å². The van der Waals surface area contributed by atoms with Crippen LogP contribution in [0.1, 0.15) is 22.4 Å². The van der Waals surface area contributed by atoms with Crippen LogP contribution < -0.4 is 17.0 Å². The van der Waals surface area contributed by atoms with Crippen LogP contribution in [0.25, 0.3) is 22.3 Å². The van der Waals surface area contributed by atoms with E-state index >= 15 is 4.39 Å². The number of alkyl halides is 1. The molecule has 2 bridgehead atoms. The standard InChI is InChI=1S/C20H22FN9O8P2S/c21-12-10-5-35-39-34-2-1-29-11(26-9-3-8(15(22)31)4-24-16(9)29)6-36-40(33,41)38-14(12)19(37-10)30-7-25-13-17(30)27-20(23)28-18(13)32/h3-4,7,10,12,14,19,39H,1-2,5-6H2,(H2,22,31)(H,33,41)(H3,23,27,28,32)/t10-,12-,14-,19-,40?/m1/s1. The second-order valence-electron chi connectivity index (χ2n) is 8.95. The summed E-state index contributed by atoms with van der Waals surface area (Å²) in [6, 6.07) is 1.47. The molecule has 6 atom stereocenters. The van der Waals surface area contributed by atoms with Crippen molar-refractivity contribution >= 4 is 61.7 Å². The van der Waals surface area contributed by atoms with Gasteiger partial charge in [-0.2, -0.15) is 4.98 Å². The number of rotatable bonds is 2. The molecule has 1 saturated heterocycles. The number of H-pyrrole nitrogens is 1. The number of carbonyl (C=O) groups excluding carboxylic acids is 1. The molecule has 0 spiro atoms. The van der Waals surface area contributed by atoms with E-state index in [2.05, 4.69) is 24.9 Å². The molecule has 0 radical (unpaired) electrons. The average Bonchev–Trinajstić information content (AvgIpc) is 3.58. The van der Waals surface area contributed by atoms with Gasteiger partial charge in [0.05, 0.1) is 25.1 Å². The third-order valence-electron chi connectivity index (χ3n) is 6.33. The van der Waals surface area contributed by atoms with Crippen LogP contribution in [0.5, 0.6) is 0 Å². The molecule has 2 aliphatic heterocycles. The Hall–Kier alpha value is -2.99. The van der Waals surface area contributed by atoms with E-state index in [9.17, 15) is 14.5 Å². The topological polar surface area (TPSA) is 230 Å². The first-order valence-electron chi connectivity index (χ1n) is 11.9. The van der Waals surface area contributed by atoms with Crippen LogP contribution in [0.3, 0.4) is 0 Å². The number of imidazole rings is 2. The van der Waals surface area contributed by atoms with E-state index in [-0.39, 0.29) is 54.9 Å². The minimum atomic E-state index is -4.15. The predicted molar refractivity (Wildman–Crippen MR) is 144 cm³/mol. The minimum Gasteiger partial charge on any atom is -0.369 e. The van der Waals surface area contributed by atoms with Crippen molar-refractivity contribution in [3.8, 4) is 0 Å². The lowest BCUT2D eigenvalue weighted by Gasteiger charge is -2.25. The number of nitrogens with zero attached hydrogens (tertiary/aromatic N) is 6. The molecule has 0 aliphatic carbocycles. The third kappa shape index (κ3) is 5.48. The molecular weight excluding hydrogens is 607 g/mol. The lowest BCUT2D eigenvalue weighted by molar-refractivity contribution is -0.0442. The molecule has 1 fully saturated rings. The van der Waals surface area contributed by atoms with Gasteiger partial charge >= 0.3 is 6.72 Å². The number of nitrogens with one attached hydrogen (secondary N) is 1. The van der Waals surface area contributed by atoms with Gasteiger partial charge in [-0.3, -0.25) is 23.7 Å². The molecule has 4 aromatic rings. The zero-order valence-electron chi connectivity index (χ0n) is 20.7. The normalized spacial score (nSPS) is 28.4. The van der Waals surface area contributed by atoms with Crippen molar-refractivity contribution in [2.75, 3.05) is 18.9 Å². The SMILES string of the molecule is NC(=O)c1cnc2c(c1)nc1n2CCOPOC[C@H]2O[C@@H](n3cnc4c(=O)[nH]c(N)nc43)[C@H](OP(O)(=S)OC1)[C@@H]2F. The number of amides is 1. The van der Waals surface area contributed by atoms with E-state index in [1.54, 1.807) is 4.57 Å². The fraction of sp³-hybridized carbons (Fsp3) is 0.400. The Labute approximate surface area is 235 Å². The van der Waals surface area contributed by atoms with Gasteiger partial charge in [-0.25, -0.2) is 19.3 Å². The molecule has 4 aromatic heterocycles. The van der Waals surface area contributed by atoms with Gasteiger partial charge < -0.3 is 39.2 Å². The van der Waals surface area contributed by atoms with Crippen molar-refractivity contribution in [3.05, 3.63) is 40.3 Å². The number of ether oxygens (including phenoxy) is 1. The zero-order valence-corrected chi connectivity index (χ0v) is 23.5. The van der Waals surface area contributed by atoms with Crippen LogP contribution in [0.15, 0.2) is 23.4 Å². The summed E-state index contributed by atoms with van der Waals surface area (Å²) in [5, 5.41) is 0. The van der Waals surface area contributed by atoms with E-state index in [1.165, 1.54) is 23.2 Å². The Bertz CT molecular complexity index is 1750. The van der Waals surface area contributed by atoms with Crippen molar-refractivity contribution in [2.24, 2.45) is 5.73 Å². The molecule has 6 N–H and O–H groups in total. The summed E-state index contributed by atoms with van der Waals surface area (Å²) in [7, 11) is -0.469. The van der Waals surface area contributed by atoms with Gasteiger partial charge in [-0.1, -0.05) is 0 Å². The van der Waals surface area contributed by atoms with Crippen molar-refractivity contribution in [3.63, 3.8) is 0 Å². The molecule has 21 heteroatoms. The largest absolute Gasteiger partial charge is 0.369 e. The highest BCUT2D eigenvalue weighted by Gasteiger charge is 2.50. The average molecular weight is 629 g/mol. The second-order valence-corrected chi connectivity index (χ2v) is 12.5. The van der Waals surface area contributed by atoms with Gasteiger partial charge in [0.1, 0.15) is 30.2 Å². The number of primary amides is 1. The van der Waals surface area contributed by atoms with E-state index < -0.39 is 51.8 Å². The number of hydrogen-bond acceptors (Lipinski definition) is 13. The van der Waals surface area contributed by atoms with E-state index in [4.69, 9.17) is 46.1 Å². The summed E-state index contributed by atoms with van der Waals surface area (Å²) in [6.45, 7) is -4.33. The number of anilines is 1. The Morgan fingerprint density at radius 2 is 2.12 bits per heavy atom. The highest BCUT2D eigenvalue weighted by molar-refractivity contribution is 8.07. The number of aromatic amines is 1. The van der Waals surface area contributed by atoms with E-state index in [0.717, 1.165) is 0 Å². The number of halogens is 1. The molecule has 2 aliphatic rings. The number of fused-ring (bicyclic) bond motifs is 6. The van der Waals surface area contributed by atoms with E-state index in [1.807, 2.05) is 0 Å². The van der Waals surface area contributed by atoms with Gasteiger partial charge in [0, 0.05) is 12.7 Å². The van der Waals surface area contributed by atoms with Gasteiger partial charge in [-0.05, 0) is 17.9 Å². The van der Waals surface area contributed by atoms with Crippen molar-refractivity contribution < 1.29 is 36.9 Å². The number of nitrogens with two attached hydrogens (primary N) is 2. The lowest BCUT2D eigenvalue weighted by Crippen LogP contribution is -2.32. The summed E-state index contributed by atoms with van der Waals surface area (Å²) < 4.78 is 46.9. The molecule has 218 valence electrons. The summed E-state index contributed by atoms with van der Waals surface area (Å²) in [4.78, 5) is 54.0. The minimum absolute atomic E-state index is 0.00179. The molecule has 0 aromatic carbocycles. The molecule has 6 heterocycles. The molecular formula is C20H22FN9O8P2S. The fourth-order valence-electron chi connectivity index (χ4n) is 4.49. The number of aromatic nitrogens is 7. The predicted octanol–water partition coefficient (Wildman–Crippen LogP) is 0.155. The first-order chi connectivity index (χ1) is 19.6. The van der Waals surface area contributed by atoms with Gasteiger partial charge in [0.25, 0.3) is 5.56 Å². The number of hydrogen-bond donors (Lipinski definition) is 4. The van der Waals surface area contributed by atoms with Gasteiger partial charge in [-0.15, -0.1) is 0 Å². The molecule has 6 rings (SSSR count). The molecule has 17 nitrogen and oxygen atoms in total. The Morgan fingerprint density at radius 3 is 2.93 bits per heavy atom. The fourth-order valence-corrected chi connectivity index (χ4v) is 6.31. The summed E-state index contributed by atoms with van der Waals surface area (Å²) in [5.74, 6) is -0.597. The van der Waals surface area contributed by atoms with Crippen LogP contribution in [0.4, 0.5) is 10.3 Å². The van der Waals surface area contributed by atoms with Crippen LogP contribution in [-0.2, 0) is 47.8 Å².